The monoisotopic (exact) mass is 338 g/mol. The maximum absolute atomic E-state index is 12.4. The van der Waals surface area contributed by atoms with Gasteiger partial charge in [0.2, 0.25) is 5.91 Å². The largest absolute Gasteiger partial charge is 0.490 e. The summed E-state index contributed by atoms with van der Waals surface area (Å²) < 4.78 is 5.99. The molecule has 2 fully saturated rings. The van der Waals surface area contributed by atoms with Crippen LogP contribution in [0.25, 0.3) is 0 Å². The zero-order valence-corrected chi connectivity index (χ0v) is 14.3. The number of nitrogens with one attached hydrogen (secondary N) is 1. The van der Waals surface area contributed by atoms with Crippen molar-refractivity contribution in [1.82, 2.24) is 0 Å². The van der Waals surface area contributed by atoms with Gasteiger partial charge in [-0.05, 0) is 63.1 Å². The summed E-state index contributed by atoms with van der Waals surface area (Å²) in [6, 6.07) is 7.76. The molecule has 128 valence electrons. The molecule has 4 nitrogen and oxygen atoms in total. The van der Waals surface area contributed by atoms with Gasteiger partial charge in [0.1, 0.15) is 5.75 Å². The van der Waals surface area contributed by atoms with Gasteiger partial charge < -0.3 is 15.8 Å². The SMILES string of the molecule is Cl.NC[C@H]1CCC[C@H]1C(=O)Nc1cccc(OC2CCCC2)c1. The van der Waals surface area contributed by atoms with Crippen LogP contribution in [0.4, 0.5) is 5.69 Å². The lowest BCUT2D eigenvalue weighted by Gasteiger charge is -2.18. The second-order valence-electron chi connectivity index (χ2n) is 6.57. The predicted octanol–water partition coefficient (Wildman–Crippen LogP) is 3.74. The molecule has 2 aliphatic rings. The van der Waals surface area contributed by atoms with Crippen molar-refractivity contribution in [3.63, 3.8) is 0 Å². The number of hydrogen-bond acceptors (Lipinski definition) is 3. The van der Waals surface area contributed by atoms with Gasteiger partial charge in [-0.15, -0.1) is 12.4 Å². The fraction of sp³-hybridized carbons (Fsp3) is 0.611. The molecule has 3 rings (SSSR count). The van der Waals surface area contributed by atoms with Crippen molar-refractivity contribution in [1.29, 1.82) is 0 Å². The summed E-state index contributed by atoms with van der Waals surface area (Å²) >= 11 is 0. The summed E-state index contributed by atoms with van der Waals surface area (Å²) in [5.74, 6) is 1.35. The molecule has 23 heavy (non-hydrogen) atoms. The van der Waals surface area contributed by atoms with Gasteiger partial charge in [-0.3, -0.25) is 4.79 Å². The molecule has 0 bridgehead atoms. The van der Waals surface area contributed by atoms with E-state index in [1.165, 1.54) is 12.8 Å². The highest BCUT2D eigenvalue weighted by atomic mass is 35.5. The van der Waals surface area contributed by atoms with Crippen molar-refractivity contribution in [2.45, 2.75) is 51.0 Å². The van der Waals surface area contributed by atoms with Gasteiger partial charge in [-0.1, -0.05) is 12.5 Å². The quantitative estimate of drug-likeness (QED) is 0.859. The minimum atomic E-state index is 0. The number of carbonyl (C=O) groups excluding carboxylic acids is 1. The van der Waals surface area contributed by atoms with Crippen LogP contribution in [0.15, 0.2) is 24.3 Å². The first kappa shape index (κ1) is 18.1. The summed E-state index contributed by atoms with van der Waals surface area (Å²) in [7, 11) is 0. The van der Waals surface area contributed by atoms with Crippen molar-refractivity contribution < 1.29 is 9.53 Å². The molecular weight excluding hydrogens is 312 g/mol. The molecule has 0 radical (unpaired) electrons. The Morgan fingerprint density at radius 3 is 2.70 bits per heavy atom. The van der Waals surface area contributed by atoms with Crippen LogP contribution in [0.2, 0.25) is 0 Å². The van der Waals surface area contributed by atoms with Crippen LogP contribution in [0.3, 0.4) is 0 Å². The highest BCUT2D eigenvalue weighted by molar-refractivity contribution is 5.93. The molecule has 0 heterocycles. The topological polar surface area (TPSA) is 64.4 Å². The third kappa shape index (κ3) is 4.61. The Morgan fingerprint density at radius 1 is 1.17 bits per heavy atom. The van der Waals surface area contributed by atoms with E-state index in [9.17, 15) is 4.79 Å². The van der Waals surface area contributed by atoms with Crippen LogP contribution in [0.1, 0.15) is 44.9 Å². The molecule has 3 N–H and O–H groups in total. The van der Waals surface area contributed by atoms with E-state index in [-0.39, 0.29) is 24.2 Å². The molecule has 1 aromatic rings. The van der Waals surface area contributed by atoms with Crippen molar-refractivity contribution in [2.75, 3.05) is 11.9 Å². The predicted molar refractivity (Wildman–Crippen MR) is 95.1 cm³/mol. The van der Waals surface area contributed by atoms with Gasteiger partial charge in [0.05, 0.1) is 6.10 Å². The Labute approximate surface area is 144 Å². The molecule has 5 heteroatoms. The van der Waals surface area contributed by atoms with E-state index < -0.39 is 0 Å². The van der Waals surface area contributed by atoms with Crippen LogP contribution >= 0.6 is 12.4 Å². The van der Waals surface area contributed by atoms with E-state index in [1.807, 2.05) is 24.3 Å². The Balaban J connectivity index is 0.00000192. The highest BCUT2D eigenvalue weighted by Gasteiger charge is 2.31. The Hall–Kier alpha value is -1.26. The Kier molecular flexibility index (Phi) is 6.72. The number of rotatable bonds is 5. The van der Waals surface area contributed by atoms with Gasteiger partial charge >= 0.3 is 0 Å². The molecule has 1 aromatic carbocycles. The smallest absolute Gasteiger partial charge is 0.227 e. The van der Waals surface area contributed by atoms with E-state index in [0.717, 1.165) is 43.5 Å². The standard InChI is InChI=1S/C18H26N2O2.ClH/c19-12-13-5-3-10-17(13)18(21)20-14-6-4-9-16(11-14)22-15-7-1-2-8-15;/h4,6,9,11,13,15,17H,1-3,5,7-8,10,12,19H2,(H,20,21);1H/t13-,17-;/m1./s1. The zero-order valence-electron chi connectivity index (χ0n) is 13.5. The van der Waals surface area contributed by atoms with E-state index >= 15 is 0 Å². The lowest BCUT2D eigenvalue weighted by Crippen LogP contribution is -2.29. The number of ether oxygens (including phenoxy) is 1. The lowest BCUT2D eigenvalue weighted by molar-refractivity contribution is -0.120. The van der Waals surface area contributed by atoms with Gasteiger partial charge in [-0.25, -0.2) is 0 Å². The van der Waals surface area contributed by atoms with Crippen LogP contribution in [-0.2, 0) is 4.79 Å². The van der Waals surface area contributed by atoms with Gasteiger partial charge in [0, 0.05) is 17.7 Å². The maximum atomic E-state index is 12.4. The molecule has 0 saturated heterocycles. The lowest BCUT2D eigenvalue weighted by atomic mass is 9.95. The summed E-state index contributed by atoms with van der Waals surface area (Å²) in [5.41, 5.74) is 6.59. The molecule has 0 aliphatic heterocycles. The summed E-state index contributed by atoms with van der Waals surface area (Å²) in [5, 5.41) is 3.04. The van der Waals surface area contributed by atoms with Crippen molar-refractivity contribution >= 4 is 24.0 Å². The first-order valence-electron chi connectivity index (χ1n) is 8.54. The molecule has 2 saturated carbocycles. The van der Waals surface area contributed by atoms with Gasteiger partial charge in [0.25, 0.3) is 0 Å². The molecular formula is C18H27ClN2O2. The van der Waals surface area contributed by atoms with Crippen molar-refractivity contribution in [3.05, 3.63) is 24.3 Å². The minimum Gasteiger partial charge on any atom is -0.490 e. The van der Waals surface area contributed by atoms with Crippen LogP contribution in [-0.4, -0.2) is 18.6 Å². The Morgan fingerprint density at radius 2 is 1.96 bits per heavy atom. The number of carbonyl (C=O) groups is 1. The fourth-order valence-corrected chi connectivity index (χ4v) is 3.74. The molecule has 0 unspecified atom stereocenters. The van der Waals surface area contributed by atoms with Gasteiger partial charge in [0.15, 0.2) is 0 Å². The summed E-state index contributed by atoms with van der Waals surface area (Å²) in [6.45, 7) is 0.600. The number of hydrogen-bond donors (Lipinski definition) is 2. The van der Waals surface area contributed by atoms with Crippen molar-refractivity contribution in [3.8, 4) is 5.75 Å². The van der Waals surface area contributed by atoms with Crippen molar-refractivity contribution in [2.24, 2.45) is 17.6 Å². The van der Waals surface area contributed by atoms with Crippen LogP contribution in [0.5, 0.6) is 5.75 Å². The number of benzene rings is 1. The number of nitrogens with two attached hydrogens (primary N) is 1. The zero-order chi connectivity index (χ0) is 15.4. The molecule has 2 atom stereocenters. The van der Waals surface area contributed by atoms with E-state index in [0.29, 0.717) is 18.6 Å². The second-order valence-corrected chi connectivity index (χ2v) is 6.57. The summed E-state index contributed by atoms with van der Waals surface area (Å²) in [6.07, 6.45) is 8.23. The third-order valence-electron chi connectivity index (χ3n) is 5.01. The summed E-state index contributed by atoms with van der Waals surface area (Å²) in [4.78, 5) is 12.4. The Bertz CT molecular complexity index is 517. The highest BCUT2D eigenvalue weighted by Crippen LogP contribution is 2.32. The minimum absolute atomic E-state index is 0. The molecule has 1 amide bonds. The average molecular weight is 339 g/mol. The van der Waals surface area contributed by atoms with Crippen LogP contribution < -0.4 is 15.8 Å². The van der Waals surface area contributed by atoms with Gasteiger partial charge in [-0.2, -0.15) is 0 Å². The number of anilines is 1. The fourth-order valence-electron chi connectivity index (χ4n) is 3.74. The second kappa shape index (κ2) is 8.55. The third-order valence-corrected chi connectivity index (χ3v) is 5.01. The normalized spacial score (nSPS) is 24.2. The van der Waals surface area contributed by atoms with E-state index in [1.54, 1.807) is 0 Å². The van der Waals surface area contributed by atoms with E-state index in [4.69, 9.17) is 10.5 Å². The van der Waals surface area contributed by atoms with Crippen LogP contribution in [0, 0.1) is 11.8 Å². The molecule has 0 aromatic heterocycles. The molecule has 0 spiro atoms. The number of halogens is 1. The molecule has 2 aliphatic carbocycles. The van der Waals surface area contributed by atoms with E-state index in [2.05, 4.69) is 5.32 Å². The average Bonchev–Trinajstić information content (AvgIpc) is 3.18. The number of amides is 1. The first-order chi connectivity index (χ1) is 10.8. The maximum Gasteiger partial charge on any atom is 0.227 e. The first-order valence-corrected chi connectivity index (χ1v) is 8.54.